The van der Waals surface area contributed by atoms with E-state index in [-0.39, 0.29) is 17.9 Å². The summed E-state index contributed by atoms with van der Waals surface area (Å²) in [5, 5.41) is 7.82. The van der Waals surface area contributed by atoms with E-state index in [9.17, 15) is 9.59 Å². The molecule has 0 aliphatic carbocycles. The van der Waals surface area contributed by atoms with Crippen LogP contribution in [-0.2, 0) is 17.8 Å². The van der Waals surface area contributed by atoms with Crippen molar-refractivity contribution < 1.29 is 4.79 Å². The van der Waals surface area contributed by atoms with Crippen LogP contribution in [0.4, 0.5) is 5.82 Å². The first-order valence-corrected chi connectivity index (χ1v) is 5.80. The van der Waals surface area contributed by atoms with Crippen LogP contribution in [0.1, 0.15) is 16.8 Å². The van der Waals surface area contributed by atoms with Gasteiger partial charge in [-0.2, -0.15) is 0 Å². The van der Waals surface area contributed by atoms with E-state index in [1.165, 1.54) is 0 Å². The number of nitrogen functional groups attached to an aromatic ring is 1. The number of anilines is 1. The molecule has 0 fully saturated rings. The van der Waals surface area contributed by atoms with E-state index >= 15 is 0 Å². The zero-order valence-corrected chi connectivity index (χ0v) is 10.5. The Hall–Kier alpha value is -2.57. The summed E-state index contributed by atoms with van der Waals surface area (Å²) in [6.45, 7) is 2.03. The maximum atomic E-state index is 11.8. The number of amides is 1. The number of carbonyl (C=O) groups excluding carboxylic acids is 1. The molecule has 0 unspecified atom stereocenters. The summed E-state index contributed by atoms with van der Waals surface area (Å²) in [5.74, 6) is 0.148. The van der Waals surface area contributed by atoms with E-state index in [0.29, 0.717) is 23.6 Å². The number of nitrogens with zero attached hydrogens (tertiary/aromatic N) is 1. The van der Waals surface area contributed by atoms with Crippen molar-refractivity contribution in [2.24, 2.45) is 0 Å². The Morgan fingerprint density at radius 3 is 2.89 bits per heavy atom. The maximum absolute atomic E-state index is 11.8. The molecule has 1 amide bonds. The first kappa shape index (κ1) is 12.9. The smallest absolute Gasteiger partial charge is 0.267 e. The number of aromatic amines is 2. The average molecular weight is 261 g/mol. The molecule has 2 aromatic rings. The van der Waals surface area contributed by atoms with Gasteiger partial charge < -0.3 is 16.1 Å². The van der Waals surface area contributed by atoms with E-state index in [2.05, 4.69) is 20.5 Å². The van der Waals surface area contributed by atoms with E-state index in [1.54, 1.807) is 25.3 Å². The highest BCUT2D eigenvalue weighted by molar-refractivity contribution is 5.78. The fraction of sp³-hybridized carbons (Fsp3) is 0.250. The van der Waals surface area contributed by atoms with Crippen molar-refractivity contribution in [3.63, 3.8) is 0 Å². The van der Waals surface area contributed by atoms with Gasteiger partial charge in [-0.25, -0.2) is 4.98 Å². The number of hydrogen-bond acceptors (Lipinski definition) is 4. The molecule has 2 heterocycles. The molecule has 7 heteroatoms. The predicted octanol–water partition coefficient (Wildman–Crippen LogP) is -0.152. The lowest BCUT2D eigenvalue weighted by atomic mass is 10.2. The number of pyridine rings is 1. The van der Waals surface area contributed by atoms with Gasteiger partial charge in [0.05, 0.1) is 6.42 Å². The summed E-state index contributed by atoms with van der Waals surface area (Å²) in [6.07, 6.45) is 1.62. The molecule has 0 aliphatic heterocycles. The predicted molar refractivity (Wildman–Crippen MR) is 70.4 cm³/mol. The van der Waals surface area contributed by atoms with Gasteiger partial charge in [-0.3, -0.25) is 14.7 Å². The number of nitrogens with two attached hydrogens (primary N) is 1. The molecule has 0 aromatic carbocycles. The first-order valence-electron chi connectivity index (χ1n) is 5.80. The van der Waals surface area contributed by atoms with Crippen LogP contribution in [0.5, 0.6) is 0 Å². The Morgan fingerprint density at radius 2 is 2.26 bits per heavy atom. The molecule has 19 heavy (non-hydrogen) atoms. The van der Waals surface area contributed by atoms with Crippen LogP contribution in [0.3, 0.4) is 0 Å². The lowest BCUT2D eigenvalue weighted by Crippen LogP contribution is -2.27. The third kappa shape index (κ3) is 3.01. The lowest BCUT2D eigenvalue weighted by Gasteiger charge is -2.06. The van der Waals surface area contributed by atoms with Gasteiger partial charge in [-0.05, 0) is 13.0 Å². The van der Waals surface area contributed by atoms with Gasteiger partial charge in [-0.15, -0.1) is 0 Å². The van der Waals surface area contributed by atoms with Crippen molar-refractivity contribution in [3.8, 4) is 0 Å². The quantitative estimate of drug-likeness (QED) is 0.612. The van der Waals surface area contributed by atoms with E-state index in [4.69, 9.17) is 5.73 Å². The number of H-pyrrole nitrogens is 2. The number of nitrogens with one attached hydrogen (secondary N) is 3. The van der Waals surface area contributed by atoms with Crippen LogP contribution < -0.4 is 16.6 Å². The lowest BCUT2D eigenvalue weighted by molar-refractivity contribution is -0.120. The van der Waals surface area contributed by atoms with Gasteiger partial charge in [0.25, 0.3) is 5.56 Å². The van der Waals surface area contributed by atoms with Crippen LogP contribution in [0.2, 0.25) is 0 Å². The maximum Gasteiger partial charge on any atom is 0.267 e. The molecule has 0 spiro atoms. The minimum Gasteiger partial charge on any atom is -0.383 e. The van der Waals surface area contributed by atoms with Crippen LogP contribution >= 0.6 is 0 Å². The van der Waals surface area contributed by atoms with Crippen molar-refractivity contribution in [1.82, 2.24) is 20.5 Å². The molecule has 0 bridgehead atoms. The highest BCUT2D eigenvalue weighted by Crippen LogP contribution is 2.06. The topological polar surface area (TPSA) is 117 Å². The van der Waals surface area contributed by atoms with Crippen LogP contribution in [-0.4, -0.2) is 21.1 Å². The van der Waals surface area contributed by atoms with E-state index < -0.39 is 0 Å². The molecule has 0 atom stereocenters. The molecular formula is C12H15N5O2. The number of rotatable bonds is 4. The highest BCUT2D eigenvalue weighted by Gasteiger charge is 2.11. The Balaban J connectivity index is 1.96. The van der Waals surface area contributed by atoms with Gasteiger partial charge >= 0.3 is 0 Å². The van der Waals surface area contributed by atoms with Gasteiger partial charge in [-0.1, -0.05) is 6.07 Å². The minimum absolute atomic E-state index is 0.0326. The van der Waals surface area contributed by atoms with Crippen molar-refractivity contribution in [3.05, 3.63) is 45.5 Å². The van der Waals surface area contributed by atoms with Crippen LogP contribution in [0.25, 0.3) is 0 Å². The van der Waals surface area contributed by atoms with E-state index in [1.807, 2.05) is 0 Å². The summed E-state index contributed by atoms with van der Waals surface area (Å²) < 4.78 is 0. The summed E-state index contributed by atoms with van der Waals surface area (Å²) in [6, 6.07) is 3.54. The highest BCUT2D eigenvalue weighted by atomic mass is 16.2. The third-order valence-electron chi connectivity index (χ3n) is 2.83. The second-order valence-corrected chi connectivity index (χ2v) is 4.18. The second kappa shape index (κ2) is 5.38. The zero-order valence-electron chi connectivity index (χ0n) is 10.5. The third-order valence-corrected chi connectivity index (χ3v) is 2.83. The number of carbonyl (C=O) groups is 1. The summed E-state index contributed by atoms with van der Waals surface area (Å²) in [7, 11) is 0. The second-order valence-electron chi connectivity index (χ2n) is 4.18. The standard InChI is InChI=1S/C12H15N5O2/c1-7-9(12(19)17-16-7)5-10(18)15-6-8-3-2-4-14-11(8)13/h2-4H,5-6H2,1H3,(H2,13,14)(H,15,18)(H2,16,17,19). The van der Waals surface area contributed by atoms with E-state index in [0.717, 1.165) is 5.56 Å². The minimum atomic E-state index is -0.270. The van der Waals surface area contributed by atoms with Gasteiger partial charge in [0, 0.05) is 29.6 Å². The molecular weight excluding hydrogens is 246 g/mol. The Bertz CT molecular complexity index is 644. The number of aromatic nitrogens is 3. The molecule has 0 saturated heterocycles. The Morgan fingerprint density at radius 1 is 1.47 bits per heavy atom. The molecule has 0 radical (unpaired) electrons. The summed E-state index contributed by atoms with van der Waals surface area (Å²) in [5.41, 5.74) is 7.25. The number of hydrogen-bond donors (Lipinski definition) is 4. The molecule has 2 aromatic heterocycles. The first-order chi connectivity index (χ1) is 9.08. The summed E-state index contributed by atoms with van der Waals surface area (Å²) in [4.78, 5) is 27.1. The Kier molecular flexibility index (Phi) is 3.65. The van der Waals surface area contributed by atoms with Gasteiger partial charge in [0.1, 0.15) is 5.82 Å². The SMILES string of the molecule is Cc1[nH][nH]c(=O)c1CC(=O)NCc1cccnc1N. The van der Waals surface area contributed by atoms with Crippen LogP contribution in [0, 0.1) is 6.92 Å². The fourth-order valence-electron chi connectivity index (χ4n) is 1.70. The monoisotopic (exact) mass is 261 g/mol. The molecule has 100 valence electrons. The molecule has 0 saturated carbocycles. The molecule has 7 nitrogen and oxygen atoms in total. The Labute approximate surface area is 109 Å². The molecule has 0 aliphatic rings. The van der Waals surface area contributed by atoms with Crippen molar-refractivity contribution >= 4 is 11.7 Å². The van der Waals surface area contributed by atoms with Crippen molar-refractivity contribution in [2.45, 2.75) is 19.9 Å². The van der Waals surface area contributed by atoms with Gasteiger partial charge in [0.2, 0.25) is 5.91 Å². The van der Waals surface area contributed by atoms with Crippen molar-refractivity contribution in [1.29, 1.82) is 0 Å². The largest absolute Gasteiger partial charge is 0.383 e. The summed E-state index contributed by atoms with van der Waals surface area (Å²) >= 11 is 0. The normalized spacial score (nSPS) is 10.4. The molecule has 2 rings (SSSR count). The van der Waals surface area contributed by atoms with Gasteiger partial charge in [0.15, 0.2) is 0 Å². The zero-order chi connectivity index (χ0) is 13.8. The average Bonchev–Trinajstić information content (AvgIpc) is 2.70. The van der Waals surface area contributed by atoms with Crippen molar-refractivity contribution in [2.75, 3.05) is 5.73 Å². The number of aryl methyl sites for hydroxylation is 1. The fourth-order valence-corrected chi connectivity index (χ4v) is 1.70. The van der Waals surface area contributed by atoms with Crippen LogP contribution in [0.15, 0.2) is 23.1 Å². The molecule has 5 N–H and O–H groups in total.